The maximum absolute atomic E-state index is 12.6. The van der Waals surface area contributed by atoms with Crippen molar-refractivity contribution >= 4 is 15.9 Å². The van der Waals surface area contributed by atoms with Gasteiger partial charge in [-0.1, -0.05) is 12.1 Å². The van der Waals surface area contributed by atoms with E-state index in [4.69, 9.17) is 0 Å². The molecule has 0 heterocycles. The van der Waals surface area contributed by atoms with E-state index in [1.807, 2.05) is 0 Å². The van der Waals surface area contributed by atoms with Crippen molar-refractivity contribution in [3.8, 4) is 0 Å². The van der Waals surface area contributed by atoms with E-state index >= 15 is 0 Å². The number of alkyl halides is 3. The Hall–Kier alpha value is -2.39. The highest BCUT2D eigenvalue weighted by molar-refractivity contribution is 7.89. The lowest BCUT2D eigenvalue weighted by Gasteiger charge is -2.13. The molecule has 146 valence electrons. The van der Waals surface area contributed by atoms with Crippen LogP contribution < -0.4 is 10.0 Å². The first-order valence-electron chi connectivity index (χ1n) is 7.95. The zero-order valence-electron chi connectivity index (χ0n) is 14.9. The summed E-state index contributed by atoms with van der Waals surface area (Å²) in [5, 5.41) is 2.58. The third-order valence-corrected chi connectivity index (χ3v) is 5.72. The zero-order chi connectivity index (χ0) is 20.4. The zero-order valence-corrected chi connectivity index (χ0v) is 15.8. The summed E-state index contributed by atoms with van der Waals surface area (Å²) < 4.78 is 64.1. The Morgan fingerprint density at radius 2 is 1.67 bits per heavy atom. The number of benzene rings is 2. The third kappa shape index (κ3) is 4.86. The van der Waals surface area contributed by atoms with Gasteiger partial charge in [-0.05, 0) is 61.9 Å². The molecule has 0 aliphatic rings. The molecular formula is C18H19F3N2O3S. The van der Waals surface area contributed by atoms with Crippen LogP contribution in [-0.4, -0.2) is 21.4 Å². The summed E-state index contributed by atoms with van der Waals surface area (Å²) in [6.45, 7) is 3.35. The smallest absolute Gasteiger partial charge is 0.348 e. The second-order valence-electron chi connectivity index (χ2n) is 6.00. The minimum Gasteiger partial charge on any atom is -0.348 e. The molecule has 0 bridgehead atoms. The van der Waals surface area contributed by atoms with Gasteiger partial charge in [0.25, 0.3) is 5.91 Å². The van der Waals surface area contributed by atoms with Crippen LogP contribution in [0.25, 0.3) is 0 Å². The number of amides is 1. The van der Waals surface area contributed by atoms with Gasteiger partial charge in [0.1, 0.15) is 0 Å². The maximum Gasteiger partial charge on any atom is 0.416 e. The summed E-state index contributed by atoms with van der Waals surface area (Å²) in [7, 11) is -2.45. The first kappa shape index (κ1) is 20.9. The fourth-order valence-corrected chi connectivity index (χ4v) is 3.51. The summed E-state index contributed by atoms with van der Waals surface area (Å²) in [4.78, 5) is 12.4. The van der Waals surface area contributed by atoms with Crippen molar-refractivity contribution in [2.24, 2.45) is 0 Å². The maximum atomic E-state index is 12.6. The topological polar surface area (TPSA) is 75.3 Å². The Kier molecular flexibility index (Phi) is 5.96. The second kappa shape index (κ2) is 7.69. The predicted molar refractivity (Wildman–Crippen MR) is 94.8 cm³/mol. The van der Waals surface area contributed by atoms with Gasteiger partial charge < -0.3 is 5.32 Å². The van der Waals surface area contributed by atoms with Crippen LogP contribution in [0, 0.1) is 13.8 Å². The van der Waals surface area contributed by atoms with Crippen molar-refractivity contribution in [3.63, 3.8) is 0 Å². The van der Waals surface area contributed by atoms with Gasteiger partial charge in [-0.25, -0.2) is 13.1 Å². The van der Waals surface area contributed by atoms with Crippen LogP contribution in [-0.2, 0) is 22.7 Å². The highest BCUT2D eigenvalue weighted by Crippen LogP contribution is 2.29. The molecule has 0 unspecified atom stereocenters. The quantitative estimate of drug-likeness (QED) is 0.810. The highest BCUT2D eigenvalue weighted by atomic mass is 32.2. The standard InChI is InChI=1S/C18H19F3N2O3S/c1-11-8-14(9-16(12(11)2)27(25,26)22-3)17(24)23-10-13-4-6-15(7-5-13)18(19,20)21/h4-9,22H,10H2,1-3H3,(H,23,24). The number of rotatable bonds is 5. The van der Waals surface area contributed by atoms with E-state index in [0.29, 0.717) is 16.7 Å². The Labute approximate surface area is 155 Å². The van der Waals surface area contributed by atoms with Crippen LogP contribution in [0.3, 0.4) is 0 Å². The minimum atomic E-state index is -4.42. The molecule has 0 saturated carbocycles. The van der Waals surface area contributed by atoms with Crippen LogP contribution in [0.4, 0.5) is 13.2 Å². The van der Waals surface area contributed by atoms with Gasteiger partial charge in [-0.15, -0.1) is 0 Å². The molecule has 1 amide bonds. The van der Waals surface area contributed by atoms with Crippen LogP contribution in [0.1, 0.15) is 32.6 Å². The summed E-state index contributed by atoms with van der Waals surface area (Å²) in [6.07, 6.45) is -4.42. The van der Waals surface area contributed by atoms with E-state index in [9.17, 15) is 26.4 Å². The fraction of sp³-hybridized carbons (Fsp3) is 0.278. The third-order valence-electron chi connectivity index (χ3n) is 4.17. The van der Waals surface area contributed by atoms with Crippen LogP contribution >= 0.6 is 0 Å². The number of hydrogen-bond donors (Lipinski definition) is 2. The van der Waals surface area contributed by atoms with Crippen molar-refractivity contribution in [3.05, 3.63) is 64.2 Å². The fourth-order valence-electron chi connectivity index (χ4n) is 2.44. The summed E-state index contributed by atoms with van der Waals surface area (Å²) in [5.74, 6) is -0.523. The lowest BCUT2D eigenvalue weighted by molar-refractivity contribution is -0.137. The first-order valence-corrected chi connectivity index (χ1v) is 9.43. The van der Waals surface area contributed by atoms with Gasteiger partial charge in [-0.2, -0.15) is 13.2 Å². The number of nitrogens with one attached hydrogen (secondary N) is 2. The SMILES string of the molecule is CNS(=O)(=O)c1cc(C(=O)NCc2ccc(C(F)(F)F)cc2)cc(C)c1C. The Morgan fingerprint density at radius 1 is 1.07 bits per heavy atom. The summed E-state index contributed by atoms with van der Waals surface area (Å²) in [6, 6.07) is 7.27. The van der Waals surface area contributed by atoms with Crippen molar-refractivity contribution in [1.82, 2.24) is 10.0 Å². The number of aryl methyl sites for hydroxylation is 1. The molecule has 0 fully saturated rings. The molecule has 2 rings (SSSR count). The number of hydrogen-bond acceptors (Lipinski definition) is 3. The number of halogens is 3. The van der Waals surface area contributed by atoms with Gasteiger partial charge in [-0.3, -0.25) is 4.79 Å². The molecule has 2 aromatic carbocycles. The average molecular weight is 400 g/mol. The molecule has 2 aromatic rings. The molecule has 2 N–H and O–H groups in total. The van der Waals surface area contributed by atoms with E-state index in [1.54, 1.807) is 19.9 Å². The second-order valence-corrected chi connectivity index (χ2v) is 7.86. The molecule has 0 aliphatic heterocycles. The van der Waals surface area contributed by atoms with Gasteiger partial charge in [0, 0.05) is 12.1 Å². The average Bonchev–Trinajstić information content (AvgIpc) is 2.61. The van der Waals surface area contributed by atoms with Crippen LogP contribution in [0.2, 0.25) is 0 Å². The lowest BCUT2D eigenvalue weighted by Crippen LogP contribution is -2.25. The molecular weight excluding hydrogens is 381 g/mol. The Balaban J connectivity index is 2.19. The number of carbonyl (C=O) groups excluding carboxylic acids is 1. The van der Waals surface area contributed by atoms with Crippen LogP contribution in [0.5, 0.6) is 0 Å². The lowest BCUT2D eigenvalue weighted by atomic mass is 10.1. The number of carbonyl (C=O) groups is 1. The Bertz CT molecular complexity index is 953. The van der Waals surface area contributed by atoms with E-state index in [0.717, 1.165) is 12.1 Å². The first-order chi connectivity index (χ1) is 12.5. The van der Waals surface area contributed by atoms with Gasteiger partial charge >= 0.3 is 6.18 Å². The van der Waals surface area contributed by atoms with Gasteiger partial charge in [0.2, 0.25) is 10.0 Å². The largest absolute Gasteiger partial charge is 0.416 e. The molecule has 0 aliphatic carbocycles. The van der Waals surface area contributed by atoms with Gasteiger partial charge in [0.15, 0.2) is 0 Å². The van der Waals surface area contributed by atoms with E-state index < -0.39 is 27.7 Å². The molecule has 0 radical (unpaired) electrons. The molecule has 0 aromatic heterocycles. The highest BCUT2D eigenvalue weighted by Gasteiger charge is 2.29. The van der Waals surface area contributed by atoms with Crippen molar-refractivity contribution in [2.45, 2.75) is 31.5 Å². The van der Waals surface area contributed by atoms with E-state index in [1.165, 1.54) is 25.2 Å². The number of sulfonamides is 1. The Morgan fingerprint density at radius 3 is 2.19 bits per heavy atom. The summed E-state index contributed by atoms with van der Waals surface area (Å²) in [5.41, 5.74) is 1.03. The van der Waals surface area contributed by atoms with Crippen molar-refractivity contribution < 1.29 is 26.4 Å². The van der Waals surface area contributed by atoms with E-state index in [-0.39, 0.29) is 17.0 Å². The van der Waals surface area contributed by atoms with Gasteiger partial charge in [0.05, 0.1) is 10.5 Å². The molecule has 5 nitrogen and oxygen atoms in total. The summed E-state index contributed by atoms with van der Waals surface area (Å²) >= 11 is 0. The monoisotopic (exact) mass is 400 g/mol. The minimum absolute atomic E-state index is 0.00433. The molecule has 9 heteroatoms. The van der Waals surface area contributed by atoms with E-state index in [2.05, 4.69) is 10.0 Å². The van der Waals surface area contributed by atoms with Crippen molar-refractivity contribution in [2.75, 3.05) is 7.05 Å². The molecule has 0 spiro atoms. The van der Waals surface area contributed by atoms with Crippen molar-refractivity contribution in [1.29, 1.82) is 0 Å². The van der Waals surface area contributed by atoms with Crippen LogP contribution in [0.15, 0.2) is 41.3 Å². The molecule has 0 atom stereocenters. The molecule has 27 heavy (non-hydrogen) atoms. The predicted octanol–water partition coefficient (Wildman–Crippen LogP) is 3.16. The normalized spacial score (nSPS) is 12.1. The molecule has 0 saturated heterocycles.